The normalized spacial score (nSPS) is 12.8. The Kier molecular flexibility index (Phi) is 10.5. The van der Waals surface area contributed by atoms with Crippen molar-refractivity contribution in [1.29, 1.82) is 0 Å². The first kappa shape index (κ1) is 31.4. The number of carbonyl (C=O) groups is 1. The molecule has 3 aromatic carbocycles. The van der Waals surface area contributed by atoms with Crippen LogP contribution in [0.5, 0.6) is 0 Å². The van der Waals surface area contributed by atoms with Crippen LogP contribution in [0.15, 0.2) is 118 Å². The molecular formula is C34H42O2S3. The third-order valence-electron chi connectivity index (χ3n) is 6.60. The van der Waals surface area contributed by atoms with Gasteiger partial charge in [-0.1, -0.05) is 103 Å². The van der Waals surface area contributed by atoms with Gasteiger partial charge in [-0.2, -0.15) is 0 Å². The zero-order valence-corrected chi connectivity index (χ0v) is 26.5. The van der Waals surface area contributed by atoms with Crippen molar-refractivity contribution in [3.8, 4) is 0 Å². The van der Waals surface area contributed by atoms with Gasteiger partial charge < -0.3 is 5.11 Å². The molecular weight excluding hydrogens is 537 g/mol. The van der Waals surface area contributed by atoms with Gasteiger partial charge in [-0.05, 0) is 55.7 Å². The van der Waals surface area contributed by atoms with Crippen LogP contribution in [0, 0.1) is 5.41 Å². The van der Waals surface area contributed by atoms with Crippen LogP contribution in [0.2, 0.25) is 0 Å². The molecule has 0 bridgehead atoms. The third kappa shape index (κ3) is 9.81. The molecule has 0 saturated carbocycles. The highest BCUT2D eigenvalue weighted by molar-refractivity contribution is 8.01. The van der Waals surface area contributed by atoms with E-state index in [1.807, 2.05) is 53.5 Å². The summed E-state index contributed by atoms with van der Waals surface area (Å²) in [4.78, 5) is 16.3. The fourth-order valence-electron chi connectivity index (χ4n) is 5.71. The van der Waals surface area contributed by atoms with Crippen molar-refractivity contribution in [2.75, 3.05) is 0 Å². The molecule has 1 N–H and O–H groups in total. The van der Waals surface area contributed by atoms with Crippen molar-refractivity contribution < 1.29 is 9.90 Å². The molecule has 0 aromatic heterocycles. The minimum atomic E-state index is -0.906. The van der Waals surface area contributed by atoms with Crippen molar-refractivity contribution >= 4 is 41.3 Å². The van der Waals surface area contributed by atoms with Gasteiger partial charge in [-0.15, -0.1) is 35.3 Å². The zero-order valence-electron chi connectivity index (χ0n) is 24.1. The summed E-state index contributed by atoms with van der Waals surface area (Å²) in [6, 6.07) is 31.2. The molecule has 3 rings (SSSR count). The standard InChI is InChI=1S/C34H42O2S3/c1-26(30(35)36)34(23-31(2,3)37-27-17-11-8-12-18-27,24-32(4,5)38-28-19-13-9-14-20-28)25-33(6,7)39-29-21-15-10-16-22-29/h8-22H,1,23-25H2,2-7H3,(H,35,36). The Bertz CT molecular complexity index is 1080. The van der Waals surface area contributed by atoms with Crippen LogP contribution >= 0.6 is 35.3 Å². The van der Waals surface area contributed by atoms with Gasteiger partial charge in [0.1, 0.15) is 0 Å². The van der Waals surface area contributed by atoms with E-state index in [-0.39, 0.29) is 14.2 Å². The van der Waals surface area contributed by atoms with Gasteiger partial charge in [-0.25, -0.2) is 4.79 Å². The summed E-state index contributed by atoms with van der Waals surface area (Å²) in [6.45, 7) is 17.7. The summed E-state index contributed by atoms with van der Waals surface area (Å²) in [7, 11) is 0. The molecule has 0 fully saturated rings. The molecule has 39 heavy (non-hydrogen) atoms. The van der Waals surface area contributed by atoms with Gasteiger partial charge in [0.25, 0.3) is 0 Å². The van der Waals surface area contributed by atoms with E-state index in [4.69, 9.17) is 0 Å². The molecule has 0 unspecified atom stereocenters. The third-order valence-corrected chi connectivity index (χ3v) is 10.2. The van der Waals surface area contributed by atoms with Gasteiger partial charge >= 0.3 is 5.97 Å². The van der Waals surface area contributed by atoms with Crippen molar-refractivity contribution in [2.45, 2.75) is 89.7 Å². The molecule has 0 aliphatic carbocycles. The van der Waals surface area contributed by atoms with Gasteiger partial charge in [-0.3, -0.25) is 0 Å². The highest BCUT2D eigenvalue weighted by atomic mass is 32.2. The fraction of sp³-hybridized carbons (Fsp3) is 0.382. The minimum absolute atomic E-state index is 0.221. The van der Waals surface area contributed by atoms with Crippen LogP contribution in [0.25, 0.3) is 0 Å². The average Bonchev–Trinajstić information content (AvgIpc) is 2.83. The van der Waals surface area contributed by atoms with Crippen molar-refractivity contribution in [1.82, 2.24) is 0 Å². The molecule has 2 nitrogen and oxygen atoms in total. The van der Waals surface area contributed by atoms with E-state index in [0.717, 1.165) is 0 Å². The van der Waals surface area contributed by atoms with Crippen LogP contribution < -0.4 is 0 Å². The van der Waals surface area contributed by atoms with Gasteiger partial charge in [0, 0.05) is 39.9 Å². The maximum Gasteiger partial charge on any atom is 0.331 e. The second-order valence-electron chi connectivity index (χ2n) is 12.1. The van der Waals surface area contributed by atoms with Gasteiger partial charge in [0.2, 0.25) is 0 Å². The Morgan fingerprint density at radius 1 is 0.590 bits per heavy atom. The van der Waals surface area contributed by atoms with E-state index < -0.39 is 11.4 Å². The summed E-state index contributed by atoms with van der Waals surface area (Å²) >= 11 is 5.44. The Hall–Kier alpha value is -2.08. The Morgan fingerprint density at radius 3 is 1.08 bits per heavy atom. The van der Waals surface area contributed by atoms with E-state index in [2.05, 4.69) is 121 Å². The maximum absolute atomic E-state index is 12.8. The Labute approximate surface area is 248 Å². The summed E-state index contributed by atoms with van der Waals surface area (Å²) in [6.07, 6.45) is 2.09. The minimum Gasteiger partial charge on any atom is -0.478 e. The Morgan fingerprint density at radius 2 is 0.846 bits per heavy atom. The van der Waals surface area contributed by atoms with E-state index >= 15 is 0 Å². The number of aliphatic carboxylic acids is 1. The van der Waals surface area contributed by atoms with Crippen LogP contribution in [0.1, 0.15) is 60.8 Å². The van der Waals surface area contributed by atoms with Crippen LogP contribution in [0.4, 0.5) is 0 Å². The maximum atomic E-state index is 12.8. The van der Waals surface area contributed by atoms with Gasteiger partial charge in [0.15, 0.2) is 0 Å². The average molecular weight is 579 g/mol. The van der Waals surface area contributed by atoms with E-state index in [9.17, 15) is 9.90 Å². The molecule has 0 spiro atoms. The Balaban J connectivity index is 2.04. The summed E-state index contributed by atoms with van der Waals surface area (Å²) in [5.41, 5.74) is -0.319. The van der Waals surface area contributed by atoms with Crippen molar-refractivity contribution in [3.63, 3.8) is 0 Å². The second kappa shape index (κ2) is 13.1. The number of rotatable bonds is 14. The smallest absolute Gasteiger partial charge is 0.331 e. The lowest BCUT2D eigenvalue weighted by molar-refractivity contribution is -0.134. The lowest BCUT2D eigenvalue weighted by Crippen LogP contribution is -2.43. The van der Waals surface area contributed by atoms with Gasteiger partial charge in [0.05, 0.1) is 0 Å². The summed E-state index contributed by atoms with van der Waals surface area (Å²) in [5.74, 6) is -0.906. The highest BCUT2D eigenvalue weighted by Crippen LogP contribution is 2.56. The predicted molar refractivity (Wildman–Crippen MR) is 172 cm³/mol. The first-order valence-electron chi connectivity index (χ1n) is 13.4. The van der Waals surface area contributed by atoms with Crippen LogP contribution in [-0.4, -0.2) is 25.3 Å². The van der Waals surface area contributed by atoms with E-state index in [1.165, 1.54) is 14.7 Å². The topological polar surface area (TPSA) is 37.3 Å². The molecule has 0 amide bonds. The summed E-state index contributed by atoms with van der Waals surface area (Å²) < 4.78 is -0.664. The summed E-state index contributed by atoms with van der Waals surface area (Å²) in [5, 5.41) is 10.5. The first-order valence-corrected chi connectivity index (χ1v) is 15.8. The molecule has 0 saturated heterocycles. The SMILES string of the molecule is C=C(C(=O)O)C(CC(C)(C)Sc1ccccc1)(CC(C)(C)Sc1ccccc1)CC(C)(C)Sc1ccccc1. The molecule has 0 radical (unpaired) electrons. The highest BCUT2D eigenvalue weighted by Gasteiger charge is 2.48. The van der Waals surface area contributed by atoms with Crippen LogP contribution in [-0.2, 0) is 4.79 Å². The van der Waals surface area contributed by atoms with Crippen molar-refractivity contribution in [3.05, 3.63) is 103 Å². The monoisotopic (exact) mass is 578 g/mol. The number of thioether (sulfide) groups is 3. The lowest BCUT2D eigenvalue weighted by Gasteiger charge is -2.47. The predicted octanol–water partition coefficient (Wildman–Crippen LogP) is 10.5. The molecule has 0 aliphatic rings. The number of carboxylic acid groups (broad SMARTS) is 1. The molecule has 0 atom stereocenters. The molecule has 0 aliphatic heterocycles. The van der Waals surface area contributed by atoms with E-state index in [0.29, 0.717) is 24.8 Å². The first-order chi connectivity index (χ1) is 18.2. The quantitative estimate of drug-likeness (QED) is 0.152. The molecule has 5 heteroatoms. The second-order valence-corrected chi connectivity index (χ2v) is 17.5. The number of hydrogen-bond acceptors (Lipinski definition) is 4. The fourth-order valence-corrected chi connectivity index (χ4v) is 9.55. The zero-order chi connectivity index (χ0) is 28.7. The molecule has 3 aromatic rings. The molecule has 208 valence electrons. The number of hydrogen-bond donors (Lipinski definition) is 1. The molecule has 0 heterocycles. The lowest BCUT2D eigenvalue weighted by atomic mass is 9.65. The largest absolute Gasteiger partial charge is 0.478 e. The number of carboxylic acids is 1. The van der Waals surface area contributed by atoms with Crippen molar-refractivity contribution in [2.24, 2.45) is 5.41 Å². The number of benzene rings is 3. The van der Waals surface area contributed by atoms with Crippen LogP contribution in [0.3, 0.4) is 0 Å². The van der Waals surface area contributed by atoms with E-state index in [1.54, 1.807) is 0 Å².